The second-order valence-electron chi connectivity index (χ2n) is 3.61. The zero-order valence-corrected chi connectivity index (χ0v) is 9.05. The highest BCUT2D eigenvalue weighted by Crippen LogP contribution is 2.19. The van der Waals surface area contributed by atoms with Crippen LogP contribution in [0.3, 0.4) is 0 Å². The Labute approximate surface area is 83.0 Å². The van der Waals surface area contributed by atoms with Gasteiger partial charge in [-0.2, -0.15) is 0 Å². The maximum atomic E-state index is 3.76. The molecule has 0 heteroatoms. The summed E-state index contributed by atoms with van der Waals surface area (Å²) in [4.78, 5) is 0. The van der Waals surface area contributed by atoms with E-state index in [4.69, 9.17) is 0 Å². The van der Waals surface area contributed by atoms with Crippen LogP contribution >= 0.6 is 0 Å². The average Bonchev–Trinajstić information content (AvgIpc) is 2.12. The maximum Gasteiger partial charge on any atom is -0.0286 e. The van der Waals surface area contributed by atoms with E-state index in [0.29, 0.717) is 0 Å². The molecule has 0 nitrogen and oxygen atoms in total. The van der Waals surface area contributed by atoms with Crippen molar-refractivity contribution in [3.05, 3.63) is 37.0 Å². The summed E-state index contributed by atoms with van der Waals surface area (Å²) >= 11 is 0. The Kier molecular flexibility index (Phi) is 7.38. The van der Waals surface area contributed by atoms with Crippen molar-refractivity contribution in [1.29, 1.82) is 0 Å². The molecule has 0 bridgehead atoms. The summed E-state index contributed by atoms with van der Waals surface area (Å²) in [5.74, 6) is 0.730. The highest BCUT2D eigenvalue weighted by atomic mass is 14.1. The largest absolute Gasteiger partial charge is 0.103 e. The van der Waals surface area contributed by atoms with E-state index in [0.717, 1.165) is 18.8 Å². The third kappa shape index (κ3) is 6.39. The summed E-state index contributed by atoms with van der Waals surface area (Å²) in [6.07, 6.45) is 10.8. The quantitative estimate of drug-likeness (QED) is 0.503. The smallest absolute Gasteiger partial charge is 0.0286 e. The van der Waals surface area contributed by atoms with Crippen molar-refractivity contribution in [3.8, 4) is 0 Å². The van der Waals surface area contributed by atoms with Crippen LogP contribution in [0.1, 0.15) is 39.5 Å². The van der Waals surface area contributed by atoms with E-state index in [1.165, 1.54) is 12.8 Å². The molecule has 0 aliphatic rings. The van der Waals surface area contributed by atoms with Gasteiger partial charge in [0.05, 0.1) is 0 Å². The van der Waals surface area contributed by atoms with Crippen LogP contribution in [0.25, 0.3) is 0 Å². The van der Waals surface area contributed by atoms with Gasteiger partial charge in [0, 0.05) is 0 Å². The van der Waals surface area contributed by atoms with E-state index in [1.807, 2.05) is 12.2 Å². The lowest BCUT2D eigenvalue weighted by Gasteiger charge is -2.11. The van der Waals surface area contributed by atoms with Crippen LogP contribution < -0.4 is 0 Å². The standard InChI is InChI=1S/C13H22/c1-5-8-10-13(7-3)11-12(4)9-6-2/h5-7,12H,1-2,8-11H2,3-4H3. The van der Waals surface area contributed by atoms with Crippen molar-refractivity contribution in [2.24, 2.45) is 5.92 Å². The Morgan fingerprint density at radius 2 is 2.00 bits per heavy atom. The maximum absolute atomic E-state index is 3.76. The number of hydrogen-bond donors (Lipinski definition) is 0. The molecule has 0 aromatic heterocycles. The van der Waals surface area contributed by atoms with Crippen molar-refractivity contribution in [3.63, 3.8) is 0 Å². The summed E-state index contributed by atoms with van der Waals surface area (Å²) in [6.45, 7) is 11.9. The zero-order chi connectivity index (χ0) is 10.1. The minimum atomic E-state index is 0.730. The predicted octanol–water partition coefficient (Wildman–Crippen LogP) is 4.50. The molecule has 0 aromatic rings. The Morgan fingerprint density at radius 1 is 1.31 bits per heavy atom. The number of allylic oxidation sites excluding steroid dienone is 4. The first-order valence-corrected chi connectivity index (χ1v) is 5.10. The lowest BCUT2D eigenvalue weighted by molar-refractivity contribution is 0.574. The van der Waals surface area contributed by atoms with Gasteiger partial charge in [-0.15, -0.1) is 13.2 Å². The van der Waals surface area contributed by atoms with E-state index in [9.17, 15) is 0 Å². The molecule has 13 heavy (non-hydrogen) atoms. The molecule has 1 unspecified atom stereocenters. The fourth-order valence-corrected chi connectivity index (χ4v) is 1.47. The van der Waals surface area contributed by atoms with Crippen LogP contribution in [0.2, 0.25) is 0 Å². The summed E-state index contributed by atoms with van der Waals surface area (Å²) in [5.41, 5.74) is 1.55. The van der Waals surface area contributed by atoms with E-state index in [-0.39, 0.29) is 0 Å². The molecule has 0 heterocycles. The molecule has 0 amide bonds. The summed E-state index contributed by atoms with van der Waals surface area (Å²) in [7, 11) is 0. The van der Waals surface area contributed by atoms with Gasteiger partial charge >= 0.3 is 0 Å². The van der Waals surface area contributed by atoms with Gasteiger partial charge in [-0.25, -0.2) is 0 Å². The minimum absolute atomic E-state index is 0.730. The van der Waals surface area contributed by atoms with Gasteiger partial charge in [-0.3, -0.25) is 0 Å². The number of hydrogen-bond acceptors (Lipinski definition) is 0. The van der Waals surface area contributed by atoms with E-state index in [1.54, 1.807) is 5.57 Å². The highest BCUT2D eigenvalue weighted by molar-refractivity contribution is 5.02. The Bertz CT molecular complexity index is 174. The SMILES string of the molecule is C=CCCC(=CC)CC(C)CC=C. The van der Waals surface area contributed by atoms with Gasteiger partial charge in [0.2, 0.25) is 0 Å². The minimum Gasteiger partial charge on any atom is -0.103 e. The lowest BCUT2D eigenvalue weighted by atomic mass is 9.95. The molecule has 0 saturated carbocycles. The molecular weight excluding hydrogens is 156 g/mol. The average molecular weight is 178 g/mol. The molecule has 0 aliphatic carbocycles. The van der Waals surface area contributed by atoms with Crippen molar-refractivity contribution in [2.45, 2.75) is 39.5 Å². The Balaban J connectivity index is 3.83. The first-order chi connectivity index (χ1) is 6.24. The third-order valence-corrected chi connectivity index (χ3v) is 2.26. The normalized spacial score (nSPS) is 13.8. The molecular formula is C13H22. The van der Waals surface area contributed by atoms with Gasteiger partial charge in [-0.1, -0.05) is 30.7 Å². The van der Waals surface area contributed by atoms with Crippen LogP contribution in [0.4, 0.5) is 0 Å². The first-order valence-electron chi connectivity index (χ1n) is 5.10. The topological polar surface area (TPSA) is 0 Å². The lowest BCUT2D eigenvalue weighted by Crippen LogP contribution is -1.95. The molecule has 1 atom stereocenters. The fraction of sp³-hybridized carbons (Fsp3) is 0.538. The van der Waals surface area contributed by atoms with Gasteiger partial charge in [0.15, 0.2) is 0 Å². The van der Waals surface area contributed by atoms with E-state index < -0.39 is 0 Å². The highest BCUT2D eigenvalue weighted by Gasteiger charge is 2.02. The van der Waals surface area contributed by atoms with Crippen LogP contribution in [0.15, 0.2) is 37.0 Å². The number of rotatable bonds is 7. The molecule has 0 fully saturated rings. The molecule has 0 spiro atoms. The van der Waals surface area contributed by atoms with E-state index >= 15 is 0 Å². The van der Waals surface area contributed by atoms with Crippen LogP contribution in [0, 0.1) is 5.92 Å². The Morgan fingerprint density at radius 3 is 2.46 bits per heavy atom. The summed E-state index contributed by atoms with van der Waals surface area (Å²) in [6, 6.07) is 0. The van der Waals surface area contributed by atoms with E-state index in [2.05, 4.69) is 33.1 Å². The van der Waals surface area contributed by atoms with Gasteiger partial charge < -0.3 is 0 Å². The fourth-order valence-electron chi connectivity index (χ4n) is 1.47. The molecule has 0 aliphatic heterocycles. The van der Waals surface area contributed by atoms with Gasteiger partial charge in [0.25, 0.3) is 0 Å². The van der Waals surface area contributed by atoms with Crippen molar-refractivity contribution < 1.29 is 0 Å². The van der Waals surface area contributed by atoms with Crippen LogP contribution in [-0.2, 0) is 0 Å². The second-order valence-corrected chi connectivity index (χ2v) is 3.61. The molecule has 0 rings (SSSR count). The first kappa shape index (κ1) is 12.2. The third-order valence-electron chi connectivity index (χ3n) is 2.26. The molecule has 74 valence electrons. The van der Waals surface area contributed by atoms with Crippen molar-refractivity contribution in [2.75, 3.05) is 0 Å². The predicted molar refractivity (Wildman–Crippen MR) is 61.8 cm³/mol. The van der Waals surface area contributed by atoms with Gasteiger partial charge in [0.1, 0.15) is 0 Å². The Hall–Kier alpha value is -0.780. The molecule has 0 saturated heterocycles. The monoisotopic (exact) mass is 178 g/mol. The second kappa shape index (κ2) is 7.85. The summed E-state index contributed by atoms with van der Waals surface area (Å²) in [5, 5.41) is 0. The van der Waals surface area contributed by atoms with Crippen molar-refractivity contribution >= 4 is 0 Å². The van der Waals surface area contributed by atoms with Crippen LogP contribution in [0.5, 0.6) is 0 Å². The van der Waals surface area contributed by atoms with Gasteiger partial charge in [-0.05, 0) is 38.5 Å². The van der Waals surface area contributed by atoms with Crippen molar-refractivity contribution in [1.82, 2.24) is 0 Å². The van der Waals surface area contributed by atoms with Crippen LogP contribution in [-0.4, -0.2) is 0 Å². The molecule has 0 N–H and O–H groups in total. The molecule has 0 aromatic carbocycles. The zero-order valence-electron chi connectivity index (χ0n) is 9.05. The molecule has 0 radical (unpaired) electrons. The summed E-state index contributed by atoms with van der Waals surface area (Å²) < 4.78 is 0.